The van der Waals surface area contributed by atoms with Gasteiger partial charge < -0.3 is 5.32 Å². The van der Waals surface area contributed by atoms with E-state index in [-0.39, 0.29) is 16.6 Å². The van der Waals surface area contributed by atoms with Crippen molar-refractivity contribution < 1.29 is 0 Å². The zero-order chi connectivity index (χ0) is 11.5. The van der Waals surface area contributed by atoms with Crippen LogP contribution in [0, 0.1) is 0 Å². The highest BCUT2D eigenvalue weighted by Crippen LogP contribution is 2.22. The number of anilines is 1. The molecule has 2 heterocycles. The van der Waals surface area contributed by atoms with Crippen molar-refractivity contribution in [3.05, 3.63) is 33.0 Å². The molecule has 1 atom stereocenters. The van der Waals surface area contributed by atoms with Crippen molar-refractivity contribution in [2.45, 2.75) is 13.0 Å². The van der Waals surface area contributed by atoms with Gasteiger partial charge in [-0.1, -0.05) is 6.07 Å². The van der Waals surface area contributed by atoms with Gasteiger partial charge in [-0.05, 0) is 41.6 Å². The summed E-state index contributed by atoms with van der Waals surface area (Å²) in [6, 6.07) is 4.13. The Morgan fingerprint density at radius 1 is 1.25 bits per heavy atom. The van der Waals surface area contributed by atoms with Crippen LogP contribution in [0.4, 0.5) is 5.95 Å². The molecule has 84 valence electrons. The Bertz CT molecular complexity index is 454. The zero-order valence-corrected chi connectivity index (χ0v) is 10.6. The van der Waals surface area contributed by atoms with E-state index in [0.29, 0.717) is 5.95 Å². The maximum Gasteiger partial charge on any atom is 0.228 e. The summed E-state index contributed by atoms with van der Waals surface area (Å²) in [5.41, 5.74) is 0. The molecule has 0 bridgehead atoms. The van der Waals surface area contributed by atoms with Crippen LogP contribution in [0.1, 0.15) is 17.8 Å². The lowest BCUT2D eigenvalue weighted by Crippen LogP contribution is -2.08. The van der Waals surface area contributed by atoms with Crippen molar-refractivity contribution in [1.29, 1.82) is 0 Å². The van der Waals surface area contributed by atoms with Crippen molar-refractivity contribution in [3.63, 3.8) is 0 Å². The number of rotatable bonds is 3. The molecule has 0 fully saturated rings. The SMILES string of the molecule is CC(Nc1nc(Cl)nc(Cl)n1)c1cccs1. The maximum atomic E-state index is 5.67. The topological polar surface area (TPSA) is 50.7 Å². The second-order valence-electron chi connectivity index (χ2n) is 3.08. The molecule has 7 heteroatoms. The van der Waals surface area contributed by atoms with Gasteiger partial charge in [0.05, 0.1) is 6.04 Å². The van der Waals surface area contributed by atoms with Gasteiger partial charge in [0.15, 0.2) is 0 Å². The van der Waals surface area contributed by atoms with Crippen LogP contribution in [0.25, 0.3) is 0 Å². The van der Waals surface area contributed by atoms with E-state index in [1.165, 1.54) is 4.88 Å². The van der Waals surface area contributed by atoms with Gasteiger partial charge in [-0.25, -0.2) is 0 Å². The van der Waals surface area contributed by atoms with E-state index in [9.17, 15) is 0 Å². The Balaban J connectivity index is 2.15. The van der Waals surface area contributed by atoms with Gasteiger partial charge in [0.1, 0.15) is 0 Å². The van der Waals surface area contributed by atoms with Crippen LogP contribution < -0.4 is 5.32 Å². The number of thiophene rings is 1. The number of hydrogen-bond acceptors (Lipinski definition) is 5. The fourth-order valence-corrected chi connectivity index (χ4v) is 2.29. The molecule has 2 rings (SSSR count). The zero-order valence-electron chi connectivity index (χ0n) is 8.32. The molecule has 1 N–H and O–H groups in total. The summed E-state index contributed by atoms with van der Waals surface area (Å²) < 4.78 is 0. The van der Waals surface area contributed by atoms with Gasteiger partial charge in [-0.15, -0.1) is 11.3 Å². The molecule has 16 heavy (non-hydrogen) atoms. The van der Waals surface area contributed by atoms with Gasteiger partial charge in [-0.3, -0.25) is 0 Å². The van der Waals surface area contributed by atoms with E-state index in [2.05, 4.69) is 20.3 Å². The monoisotopic (exact) mass is 274 g/mol. The minimum atomic E-state index is 0.0841. The van der Waals surface area contributed by atoms with Crippen LogP contribution in [-0.2, 0) is 0 Å². The predicted octanol–water partition coefficient (Wildman–Crippen LogP) is 3.41. The summed E-state index contributed by atoms with van der Waals surface area (Å²) >= 11 is 13.0. The summed E-state index contributed by atoms with van der Waals surface area (Å²) in [5, 5.41) is 5.29. The van der Waals surface area contributed by atoms with Gasteiger partial charge >= 0.3 is 0 Å². The summed E-state index contributed by atoms with van der Waals surface area (Å²) in [6.07, 6.45) is 0. The molecule has 4 nitrogen and oxygen atoms in total. The smallest absolute Gasteiger partial charge is 0.228 e. The van der Waals surface area contributed by atoms with Crippen molar-refractivity contribution in [3.8, 4) is 0 Å². The minimum Gasteiger partial charge on any atom is -0.347 e. The first-order chi connectivity index (χ1) is 7.65. The largest absolute Gasteiger partial charge is 0.347 e. The molecular formula is C9H8Cl2N4S. The standard InChI is InChI=1S/C9H8Cl2N4S/c1-5(6-3-2-4-16-6)12-9-14-7(10)13-8(11)15-9/h2-5H,1H3,(H,12,13,14,15). The van der Waals surface area contributed by atoms with Crippen molar-refractivity contribution >= 4 is 40.5 Å². The van der Waals surface area contributed by atoms with E-state index in [1.54, 1.807) is 11.3 Å². The molecule has 2 aromatic heterocycles. The summed E-state index contributed by atoms with van der Waals surface area (Å²) in [5.74, 6) is 0.380. The highest BCUT2D eigenvalue weighted by atomic mass is 35.5. The third-order valence-electron chi connectivity index (χ3n) is 1.90. The van der Waals surface area contributed by atoms with Gasteiger partial charge in [0.25, 0.3) is 0 Å². The fraction of sp³-hybridized carbons (Fsp3) is 0.222. The first-order valence-corrected chi connectivity index (χ1v) is 6.16. The molecular weight excluding hydrogens is 267 g/mol. The van der Waals surface area contributed by atoms with E-state index in [1.807, 2.05) is 24.4 Å². The highest BCUT2D eigenvalue weighted by Gasteiger charge is 2.09. The second-order valence-corrected chi connectivity index (χ2v) is 4.73. The fourth-order valence-electron chi connectivity index (χ4n) is 1.19. The number of nitrogens with zero attached hydrogens (tertiary/aromatic N) is 3. The van der Waals surface area contributed by atoms with Crippen molar-refractivity contribution in [1.82, 2.24) is 15.0 Å². The normalized spacial score (nSPS) is 12.4. The third-order valence-corrected chi connectivity index (χ3v) is 3.29. The quantitative estimate of drug-likeness (QED) is 0.932. The average molecular weight is 275 g/mol. The van der Waals surface area contributed by atoms with Crippen LogP contribution in [-0.4, -0.2) is 15.0 Å². The molecule has 0 aliphatic rings. The van der Waals surface area contributed by atoms with Gasteiger partial charge in [0, 0.05) is 4.88 Å². The molecule has 0 radical (unpaired) electrons. The van der Waals surface area contributed by atoms with E-state index in [0.717, 1.165) is 0 Å². The number of aromatic nitrogens is 3. The lowest BCUT2D eigenvalue weighted by atomic mass is 10.3. The van der Waals surface area contributed by atoms with Crippen LogP contribution in [0.2, 0.25) is 10.6 Å². The van der Waals surface area contributed by atoms with Crippen molar-refractivity contribution in [2.24, 2.45) is 0 Å². The van der Waals surface area contributed by atoms with Crippen LogP contribution in [0.3, 0.4) is 0 Å². The van der Waals surface area contributed by atoms with Gasteiger partial charge in [0.2, 0.25) is 16.5 Å². The first-order valence-electron chi connectivity index (χ1n) is 4.52. The first kappa shape index (κ1) is 11.6. The lowest BCUT2D eigenvalue weighted by Gasteiger charge is -2.11. The molecule has 2 aromatic rings. The molecule has 0 aliphatic heterocycles. The van der Waals surface area contributed by atoms with Crippen LogP contribution >= 0.6 is 34.5 Å². The number of nitrogens with one attached hydrogen (secondary N) is 1. The summed E-state index contributed by atoms with van der Waals surface area (Å²) in [7, 11) is 0. The number of halogens is 2. The van der Waals surface area contributed by atoms with E-state index < -0.39 is 0 Å². The predicted molar refractivity (Wildman–Crippen MR) is 66.2 cm³/mol. The molecule has 0 amide bonds. The molecule has 0 saturated carbocycles. The minimum absolute atomic E-state index is 0.0841. The Morgan fingerprint density at radius 2 is 1.94 bits per heavy atom. The Morgan fingerprint density at radius 3 is 2.50 bits per heavy atom. The summed E-state index contributed by atoms with van der Waals surface area (Å²) in [6.45, 7) is 2.01. The summed E-state index contributed by atoms with van der Waals surface area (Å²) in [4.78, 5) is 12.7. The molecule has 0 spiro atoms. The molecule has 0 aliphatic carbocycles. The Hall–Kier alpha value is -0.910. The average Bonchev–Trinajstić information content (AvgIpc) is 2.68. The maximum absolute atomic E-state index is 5.67. The Labute approximate surface area is 107 Å². The van der Waals surface area contributed by atoms with E-state index in [4.69, 9.17) is 23.2 Å². The van der Waals surface area contributed by atoms with Crippen molar-refractivity contribution in [2.75, 3.05) is 5.32 Å². The van der Waals surface area contributed by atoms with Gasteiger partial charge in [-0.2, -0.15) is 15.0 Å². The third kappa shape index (κ3) is 2.81. The van der Waals surface area contributed by atoms with E-state index >= 15 is 0 Å². The number of hydrogen-bond donors (Lipinski definition) is 1. The van der Waals surface area contributed by atoms with Crippen LogP contribution in [0.15, 0.2) is 17.5 Å². The molecule has 0 saturated heterocycles. The molecule has 1 unspecified atom stereocenters. The lowest BCUT2D eigenvalue weighted by molar-refractivity contribution is 0.871. The highest BCUT2D eigenvalue weighted by molar-refractivity contribution is 7.10. The Kier molecular flexibility index (Phi) is 3.58. The molecule has 0 aromatic carbocycles. The van der Waals surface area contributed by atoms with Crippen LogP contribution in [0.5, 0.6) is 0 Å². The second kappa shape index (κ2) is 4.95.